The quantitative estimate of drug-likeness (QED) is 0.111. The van der Waals surface area contributed by atoms with Crippen LogP contribution in [-0.2, 0) is 0 Å². The summed E-state index contributed by atoms with van der Waals surface area (Å²) in [6.45, 7) is 0.0912. The Morgan fingerprint density at radius 1 is 0.717 bits per heavy atom. The van der Waals surface area contributed by atoms with Crippen LogP contribution in [0.2, 0.25) is 0 Å². The number of ether oxygens (including phenoxy) is 2. The first-order chi connectivity index (χ1) is 25.7. The maximum absolute atomic E-state index is 14.8. The molecule has 6 aromatic rings. The van der Waals surface area contributed by atoms with E-state index in [0.29, 0.717) is 24.5 Å². The van der Waals surface area contributed by atoms with E-state index >= 15 is 0 Å². The number of pyridine rings is 1. The number of carboxylic acids is 2. The van der Waals surface area contributed by atoms with Crippen molar-refractivity contribution in [3.63, 3.8) is 0 Å². The molecule has 0 fully saturated rings. The number of carboxylic acid groups (broad SMARTS) is 2. The highest BCUT2D eigenvalue weighted by Crippen LogP contribution is 2.28. The molecule has 0 aliphatic heterocycles. The third kappa shape index (κ3) is 8.57. The number of anilines is 2. The van der Waals surface area contributed by atoms with Crippen LogP contribution in [0, 0.1) is 5.82 Å². The predicted octanol–water partition coefficient (Wildman–Crippen LogP) is 3.31. The maximum Gasteiger partial charge on any atom is 0.356 e. The van der Waals surface area contributed by atoms with Crippen LogP contribution in [0.15, 0.2) is 86.1 Å². The lowest BCUT2D eigenvalue weighted by atomic mass is 10.1. The summed E-state index contributed by atoms with van der Waals surface area (Å²) in [4.78, 5) is 60.9. The number of benzene rings is 1. The third-order valence-electron chi connectivity index (χ3n) is 7.23. The lowest BCUT2D eigenvalue weighted by molar-refractivity contribution is 0.0683. The van der Waals surface area contributed by atoms with Crippen molar-refractivity contribution in [2.75, 3.05) is 23.8 Å². The van der Waals surface area contributed by atoms with E-state index in [9.17, 15) is 33.8 Å². The first-order valence-electron chi connectivity index (χ1n) is 15.5. The second-order valence-electron chi connectivity index (χ2n) is 10.8. The van der Waals surface area contributed by atoms with Crippen LogP contribution in [0.1, 0.15) is 54.7 Å². The minimum Gasteiger partial charge on any atom is -0.492 e. The Morgan fingerprint density at radius 3 is 1.81 bits per heavy atom. The predicted molar refractivity (Wildman–Crippen MR) is 179 cm³/mol. The monoisotopic (exact) mass is 723 g/mol. The Labute approximate surface area is 297 Å². The molecule has 1 aromatic carbocycles. The van der Waals surface area contributed by atoms with Gasteiger partial charge in [0.2, 0.25) is 0 Å². The van der Waals surface area contributed by atoms with Crippen molar-refractivity contribution in [3.05, 3.63) is 115 Å². The van der Waals surface area contributed by atoms with Gasteiger partial charge in [-0.25, -0.2) is 28.9 Å². The summed E-state index contributed by atoms with van der Waals surface area (Å²) in [5, 5.41) is 39.7. The molecule has 0 bridgehead atoms. The van der Waals surface area contributed by atoms with E-state index in [1.807, 2.05) is 0 Å². The second kappa shape index (κ2) is 15.9. The van der Waals surface area contributed by atoms with Gasteiger partial charge in [0.15, 0.2) is 40.3 Å². The van der Waals surface area contributed by atoms with E-state index < -0.39 is 40.8 Å². The highest BCUT2D eigenvalue weighted by atomic mass is 19.1. The van der Waals surface area contributed by atoms with Crippen LogP contribution in [0.5, 0.6) is 11.5 Å². The fourth-order valence-electron chi connectivity index (χ4n) is 4.64. The molecule has 0 atom stereocenters. The molecule has 0 radical (unpaired) electrons. The Kier molecular flexibility index (Phi) is 10.6. The molecule has 4 N–H and O–H groups in total. The van der Waals surface area contributed by atoms with Crippen LogP contribution >= 0.6 is 0 Å². The van der Waals surface area contributed by atoms with Crippen molar-refractivity contribution >= 4 is 35.1 Å². The Hall–Kier alpha value is -7.64. The number of hydrogen-bond acceptors (Lipinski definition) is 13. The number of hydrogen-bond donors (Lipinski definition) is 4. The summed E-state index contributed by atoms with van der Waals surface area (Å²) in [5.41, 5.74) is -1.48. The number of amides is 2. The number of aromatic nitrogens is 9. The number of unbranched alkanes of at least 4 members (excludes halogenated alkanes) is 1. The number of aromatic carboxylic acids is 2. The van der Waals surface area contributed by atoms with Gasteiger partial charge in [0.1, 0.15) is 18.4 Å². The van der Waals surface area contributed by atoms with E-state index in [-0.39, 0.29) is 47.5 Å². The van der Waals surface area contributed by atoms with Crippen molar-refractivity contribution in [1.82, 2.24) is 44.5 Å². The number of carbonyl (C=O) groups is 4. The van der Waals surface area contributed by atoms with Crippen molar-refractivity contribution in [3.8, 4) is 23.1 Å². The van der Waals surface area contributed by atoms with Gasteiger partial charge in [-0.2, -0.15) is 0 Å². The zero-order valence-electron chi connectivity index (χ0n) is 27.2. The molecule has 6 rings (SSSR count). The molecule has 0 aliphatic rings. The summed E-state index contributed by atoms with van der Waals surface area (Å²) < 4.78 is 29.2. The zero-order chi connectivity index (χ0) is 37.3. The van der Waals surface area contributed by atoms with Crippen molar-refractivity contribution < 1.29 is 43.3 Å². The smallest absolute Gasteiger partial charge is 0.356 e. The van der Waals surface area contributed by atoms with Crippen molar-refractivity contribution in [2.24, 2.45) is 0 Å². The standard InChI is InChI=1S/C33H26FN11O8/c34-21-14-20(32(48)49)24(38-30(46)22-3-5-27(42-40-22)44-9-7-35-17-44)15-26(21)53-12-2-1-11-52-19-13-25(29(33(50)51)37-16-19)39-31(47)23-4-6-28(43-41-23)45-10-8-36-18-45/h3-10,13-18H,1-2,11-12H2,(H,38,46)(H,39,47)(H,48,49)(H,50,51). The fourth-order valence-corrected chi connectivity index (χ4v) is 4.64. The van der Waals surface area contributed by atoms with Gasteiger partial charge in [0, 0.05) is 36.9 Å². The molecule has 0 unspecified atom stereocenters. The van der Waals surface area contributed by atoms with E-state index in [4.69, 9.17) is 9.47 Å². The topological polar surface area (TPSA) is 251 Å². The lowest BCUT2D eigenvalue weighted by Crippen LogP contribution is -2.18. The molecule has 5 heterocycles. The molecule has 0 saturated carbocycles. The van der Waals surface area contributed by atoms with Gasteiger partial charge in [-0.15, -0.1) is 20.4 Å². The summed E-state index contributed by atoms with van der Waals surface area (Å²) in [7, 11) is 0. The summed E-state index contributed by atoms with van der Waals surface area (Å²) in [6, 6.07) is 8.95. The Morgan fingerprint density at radius 2 is 1.30 bits per heavy atom. The minimum atomic E-state index is -1.48. The molecule has 0 saturated heterocycles. The van der Waals surface area contributed by atoms with Crippen LogP contribution in [0.3, 0.4) is 0 Å². The minimum absolute atomic E-state index is 0.0144. The van der Waals surface area contributed by atoms with E-state index in [1.54, 1.807) is 40.0 Å². The first kappa shape index (κ1) is 35.2. The van der Waals surface area contributed by atoms with Crippen molar-refractivity contribution in [2.45, 2.75) is 12.8 Å². The van der Waals surface area contributed by atoms with Gasteiger partial charge in [0.05, 0.1) is 36.3 Å². The molecule has 2 amide bonds. The van der Waals surface area contributed by atoms with Crippen LogP contribution in [-0.4, -0.2) is 91.7 Å². The van der Waals surface area contributed by atoms with E-state index in [1.165, 1.54) is 43.1 Å². The van der Waals surface area contributed by atoms with Crippen LogP contribution in [0.25, 0.3) is 11.6 Å². The van der Waals surface area contributed by atoms with E-state index in [2.05, 4.69) is 46.0 Å². The number of nitrogens with one attached hydrogen (secondary N) is 2. The molecule has 0 aliphatic carbocycles. The molecular formula is C33H26FN11O8. The Bertz CT molecular complexity index is 2250. The lowest BCUT2D eigenvalue weighted by Gasteiger charge is -2.13. The SMILES string of the molecule is O=C(Nc1cc(OCCCCOc2cnc(C(=O)O)c(NC(=O)c3ccc(-n4ccnc4)nn3)c2)c(F)cc1C(=O)O)c1ccc(-n2ccnc2)nn1. The molecule has 268 valence electrons. The average Bonchev–Trinajstić information content (AvgIpc) is 3.90. The van der Waals surface area contributed by atoms with Crippen LogP contribution < -0.4 is 20.1 Å². The normalized spacial score (nSPS) is 10.7. The first-order valence-corrected chi connectivity index (χ1v) is 15.5. The number of carbonyl (C=O) groups excluding carboxylic acids is 2. The molecule has 0 spiro atoms. The molecule has 5 aromatic heterocycles. The molecular weight excluding hydrogens is 697 g/mol. The zero-order valence-corrected chi connectivity index (χ0v) is 27.2. The molecule has 53 heavy (non-hydrogen) atoms. The van der Waals surface area contributed by atoms with Crippen LogP contribution in [0.4, 0.5) is 15.8 Å². The number of nitrogens with zero attached hydrogens (tertiary/aromatic N) is 9. The summed E-state index contributed by atoms with van der Waals surface area (Å²) >= 11 is 0. The summed E-state index contributed by atoms with van der Waals surface area (Å²) in [5.74, 6) is -4.66. The maximum atomic E-state index is 14.8. The number of rotatable bonds is 15. The highest BCUT2D eigenvalue weighted by Gasteiger charge is 2.20. The molecule has 19 nitrogen and oxygen atoms in total. The number of imidazole rings is 2. The van der Waals surface area contributed by atoms with Crippen molar-refractivity contribution in [1.29, 1.82) is 0 Å². The second-order valence-corrected chi connectivity index (χ2v) is 10.8. The van der Waals surface area contributed by atoms with Gasteiger partial charge in [-0.3, -0.25) is 18.7 Å². The van der Waals surface area contributed by atoms with Gasteiger partial charge in [0.25, 0.3) is 11.8 Å². The summed E-state index contributed by atoms with van der Waals surface area (Å²) in [6.07, 6.45) is 11.3. The van der Waals surface area contributed by atoms with Gasteiger partial charge < -0.3 is 30.3 Å². The van der Waals surface area contributed by atoms with E-state index in [0.717, 1.165) is 12.1 Å². The molecule has 20 heteroatoms. The number of halogens is 1. The largest absolute Gasteiger partial charge is 0.492 e. The Balaban J connectivity index is 1.02. The highest BCUT2D eigenvalue weighted by molar-refractivity contribution is 6.07. The van der Waals surface area contributed by atoms with Gasteiger partial charge >= 0.3 is 11.9 Å². The average molecular weight is 724 g/mol. The fraction of sp³-hybridized carbons (Fsp3) is 0.121. The van der Waals surface area contributed by atoms with Gasteiger partial charge in [-0.1, -0.05) is 0 Å². The third-order valence-corrected chi connectivity index (χ3v) is 7.23. The van der Waals surface area contributed by atoms with Gasteiger partial charge in [-0.05, 0) is 43.2 Å².